The number of nitrogens with two attached hydrogens (primary N) is 1. The quantitative estimate of drug-likeness (QED) is 0.741. The van der Waals surface area contributed by atoms with Gasteiger partial charge in [-0.25, -0.2) is 4.98 Å². The summed E-state index contributed by atoms with van der Waals surface area (Å²) in [6, 6.07) is 6.05. The summed E-state index contributed by atoms with van der Waals surface area (Å²) in [5.41, 5.74) is 7.80. The van der Waals surface area contributed by atoms with Crippen molar-refractivity contribution in [3.8, 4) is 0 Å². The van der Waals surface area contributed by atoms with Gasteiger partial charge in [-0.15, -0.1) is 0 Å². The normalized spacial score (nSPS) is 11.0. The van der Waals surface area contributed by atoms with E-state index in [1.807, 2.05) is 29.8 Å². The molecular weight excluding hydrogens is 176 g/mol. The van der Waals surface area contributed by atoms with Gasteiger partial charge in [-0.3, -0.25) is 0 Å². The van der Waals surface area contributed by atoms with Crippen molar-refractivity contribution >= 4 is 5.52 Å². The highest BCUT2D eigenvalue weighted by atomic mass is 15.0. The van der Waals surface area contributed by atoms with Gasteiger partial charge in [-0.1, -0.05) is 6.07 Å². The second-order valence-electron chi connectivity index (χ2n) is 3.17. The number of aromatic nitrogens is 2. The van der Waals surface area contributed by atoms with Crippen LogP contribution in [0.25, 0.3) is 5.52 Å². The lowest BCUT2D eigenvalue weighted by molar-refractivity contribution is 0.794. The molecule has 2 heterocycles. The van der Waals surface area contributed by atoms with Crippen molar-refractivity contribution in [2.24, 2.45) is 5.73 Å². The fraction of sp³-hybridized carbons (Fsp3) is 0.300. The van der Waals surface area contributed by atoms with Gasteiger partial charge in [0.25, 0.3) is 0 Å². The maximum absolute atomic E-state index is 5.62. The molecule has 0 atom stereocenters. The molecule has 0 aromatic carbocycles. The van der Waals surface area contributed by atoms with Gasteiger partial charge >= 0.3 is 0 Å². The molecule has 0 spiro atoms. The van der Waals surface area contributed by atoms with E-state index in [4.69, 9.17) is 5.73 Å². The predicted octanol–water partition coefficient (Wildman–Crippen LogP) is 0.512. The minimum Gasteiger partial charge on any atom is -0.324 e. The molecular formula is C10H14N4. The summed E-state index contributed by atoms with van der Waals surface area (Å²) in [4.78, 5) is 4.47. The van der Waals surface area contributed by atoms with E-state index in [2.05, 4.69) is 16.4 Å². The van der Waals surface area contributed by atoms with Crippen molar-refractivity contribution in [3.63, 3.8) is 0 Å². The standard InChI is InChI=1S/C10H14N4/c1-12-7-8-9-4-2-3-5-14(9)10(6-11)13-8/h2-5,12H,6-7,11H2,1H3. The average molecular weight is 190 g/mol. The fourth-order valence-electron chi connectivity index (χ4n) is 1.61. The summed E-state index contributed by atoms with van der Waals surface area (Å²) in [6.07, 6.45) is 1.99. The second kappa shape index (κ2) is 3.77. The van der Waals surface area contributed by atoms with E-state index in [1.165, 1.54) is 0 Å². The van der Waals surface area contributed by atoms with E-state index >= 15 is 0 Å². The van der Waals surface area contributed by atoms with Crippen LogP contribution in [0.15, 0.2) is 24.4 Å². The number of hydrogen-bond donors (Lipinski definition) is 2. The van der Waals surface area contributed by atoms with Gasteiger partial charge < -0.3 is 15.5 Å². The van der Waals surface area contributed by atoms with Crippen LogP contribution in [0.5, 0.6) is 0 Å². The number of rotatable bonds is 3. The van der Waals surface area contributed by atoms with E-state index in [1.54, 1.807) is 0 Å². The Labute approximate surface area is 82.8 Å². The molecule has 0 aliphatic rings. The molecule has 0 aliphatic carbocycles. The lowest BCUT2D eigenvalue weighted by Gasteiger charge is -1.97. The highest BCUT2D eigenvalue weighted by Crippen LogP contribution is 2.12. The van der Waals surface area contributed by atoms with Gasteiger partial charge in [0.2, 0.25) is 0 Å². The minimum atomic E-state index is 0.467. The molecule has 0 saturated heterocycles. The zero-order valence-corrected chi connectivity index (χ0v) is 8.20. The maximum Gasteiger partial charge on any atom is 0.127 e. The lowest BCUT2D eigenvalue weighted by Crippen LogP contribution is -2.06. The molecule has 0 unspecified atom stereocenters. The van der Waals surface area contributed by atoms with Crippen molar-refractivity contribution in [2.45, 2.75) is 13.1 Å². The van der Waals surface area contributed by atoms with Gasteiger partial charge in [0, 0.05) is 12.7 Å². The number of nitrogens with zero attached hydrogens (tertiary/aromatic N) is 2. The largest absolute Gasteiger partial charge is 0.324 e. The average Bonchev–Trinajstić information content (AvgIpc) is 2.58. The third kappa shape index (κ3) is 1.38. The van der Waals surface area contributed by atoms with Crippen LogP contribution < -0.4 is 11.1 Å². The Morgan fingerprint density at radius 1 is 1.50 bits per heavy atom. The van der Waals surface area contributed by atoms with Crippen molar-refractivity contribution in [1.82, 2.24) is 14.7 Å². The first-order valence-corrected chi connectivity index (χ1v) is 4.66. The predicted molar refractivity (Wildman–Crippen MR) is 55.8 cm³/mol. The lowest BCUT2D eigenvalue weighted by atomic mass is 10.3. The maximum atomic E-state index is 5.62. The summed E-state index contributed by atoms with van der Waals surface area (Å²) >= 11 is 0. The Morgan fingerprint density at radius 3 is 3.07 bits per heavy atom. The Bertz CT molecular complexity index is 433. The van der Waals surface area contributed by atoms with Crippen molar-refractivity contribution < 1.29 is 0 Å². The van der Waals surface area contributed by atoms with Crippen LogP contribution in [0.3, 0.4) is 0 Å². The Morgan fingerprint density at radius 2 is 2.36 bits per heavy atom. The van der Waals surface area contributed by atoms with Crippen LogP contribution in [0.1, 0.15) is 11.5 Å². The smallest absolute Gasteiger partial charge is 0.127 e. The summed E-state index contributed by atoms with van der Waals surface area (Å²) in [6.45, 7) is 1.24. The third-order valence-corrected chi connectivity index (χ3v) is 2.22. The highest BCUT2D eigenvalue weighted by molar-refractivity contribution is 5.53. The van der Waals surface area contributed by atoms with Gasteiger partial charge in [0.1, 0.15) is 5.82 Å². The van der Waals surface area contributed by atoms with E-state index in [0.29, 0.717) is 6.54 Å². The molecule has 0 radical (unpaired) electrons. The first kappa shape index (κ1) is 9.18. The van der Waals surface area contributed by atoms with Gasteiger partial charge in [-0.2, -0.15) is 0 Å². The molecule has 0 aliphatic heterocycles. The third-order valence-electron chi connectivity index (χ3n) is 2.22. The number of pyridine rings is 1. The van der Waals surface area contributed by atoms with Crippen LogP contribution >= 0.6 is 0 Å². The first-order chi connectivity index (χ1) is 6.86. The Kier molecular flexibility index (Phi) is 2.47. The Hall–Kier alpha value is -1.39. The highest BCUT2D eigenvalue weighted by Gasteiger charge is 2.07. The van der Waals surface area contributed by atoms with E-state index in [0.717, 1.165) is 23.6 Å². The second-order valence-corrected chi connectivity index (χ2v) is 3.17. The monoisotopic (exact) mass is 190 g/mol. The van der Waals surface area contributed by atoms with E-state index < -0.39 is 0 Å². The number of nitrogens with one attached hydrogen (secondary N) is 1. The van der Waals surface area contributed by atoms with Gasteiger partial charge in [-0.05, 0) is 19.2 Å². The molecule has 0 fully saturated rings. The number of imidazole rings is 1. The van der Waals surface area contributed by atoms with Gasteiger partial charge in [0.05, 0.1) is 17.8 Å². The van der Waals surface area contributed by atoms with Crippen molar-refractivity contribution in [3.05, 3.63) is 35.9 Å². The van der Waals surface area contributed by atoms with Crippen LogP contribution in [0, 0.1) is 0 Å². The van der Waals surface area contributed by atoms with E-state index in [-0.39, 0.29) is 0 Å². The Balaban J connectivity index is 2.61. The number of fused-ring (bicyclic) bond motifs is 1. The van der Waals surface area contributed by atoms with Crippen LogP contribution in [0.4, 0.5) is 0 Å². The molecule has 4 nitrogen and oxygen atoms in total. The molecule has 0 amide bonds. The van der Waals surface area contributed by atoms with Crippen molar-refractivity contribution in [2.75, 3.05) is 7.05 Å². The van der Waals surface area contributed by atoms with Gasteiger partial charge in [0.15, 0.2) is 0 Å². The molecule has 4 heteroatoms. The zero-order valence-electron chi connectivity index (χ0n) is 8.20. The number of hydrogen-bond acceptors (Lipinski definition) is 3. The molecule has 2 rings (SSSR count). The van der Waals surface area contributed by atoms with Crippen LogP contribution in [-0.4, -0.2) is 16.4 Å². The molecule has 14 heavy (non-hydrogen) atoms. The topological polar surface area (TPSA) is 55.3 Å². The fourth-order valence-corrected chi connectivity index (χ4v) is 1.61. The summed E-state index contributed by atoms with van der Waals surface area (Å²) in [5, 5.41) is 3.10. The minimum absolute atomic E-state index is 0.467. The molecule has 0 saturated carbocycles. The van der Waals surface area contributed by atoms with Crippen LogP contribution in [0.2, 0.25) is 0 Å². The summed E-state index contributed by atoms with van der Waals surface area (Å²) in [7, 11) is 1.91. The van der Waals surface area contributed by atoms with E-state index in [9.17, 15) is 0 Å². The first-order valence-electron chi connectivity index (χ1n) is 4.66. The van der Waals surface area contributed by atoms with Crippen LogP contribution in [-0.2, 0) is 13.1 Å². The summed E-state index contributed by atoms with van der Waals surface area (Å²) in [5.74, 6) is 0.908. The summed E-state index contributed by atoms with van der Waals surface area (Å²) < 4.78 is 2.03. The molecule has 2 aromatic rings. The molecule has 3 N–H and O–H groups in total. The van der Waals surface area contributed by atoms with Crippen molar-refractivity contribution in [1.29, 1.82) is 0 Å². The zero-order chi connectivity index (χ0) is 9.97. The molecule has 2 aromatic heterocycles. The molecule has 74 valence electrons. The SMILES string of the molecule is CNCc1nc(CN)n2ccccc12. The molecule has 0 bridgehead atoms.